The predicted molar refractivity (Wildman–Crippen MR) is 59.9 cm³/mol. The fraction of sp³-hybridized carbons (Fsp3) is 0.545. The molecule has 0 atom stereocenters. The molecule has 1 aromatic heterocycles. The summed E-state index contributed by atoms with van der Waals surface area (Å²) in [5.41, 5.74) is 6.84. The molecule has 0 fully saturated rings. The molecule has 0 radical (unpaired) electrons. The predicted octanol–water partition coefficient (Wildman–Crippen LogP) is 1.90. The average Bonchev–Trinajstić information content (AvgIpc) is 2.15. The first-order chi connectivity index (χ1) is 6.72. The minimum atomic E-state index is 0.603. The van der Waals surface area contributed by atoms with Gasteiger partial charge < -0.3 is 10.6 Å². The van der Waals surface area contributed by atoms with Crippen LogP contribution in [0, 0.1) is 0 Å². The second kappa shape index (κ2) is 5.60. The van der Waals surface area contributed by atoms with Gasteiger partial charge >= 0.3 is 0 Å². The van der Waals surface area contributed by atoms with Gasteiger partial charge in [-0.15, -0.1) is 0 Å². The molecule has 0 bridgehead atoms. The Morgan fingerprint density at radius 3 is 2.93 bits per heavy atom. The Kier molecular flexibility index (Phi) is 4.40. The lowest BCUT2D eigenvalue weighted by atomic mass is 10.2. The summed E-state index contributed by atoms with van der Waals surface area (Å²) in [5, 5.41) is 0. The van der Waals surface area contributed by atoms with Crippen molar-refractivity contribution in [1.29, 1.82) is 0 Å². The molecule has 2 N–H and O–H groups in total. The molecule has 0 aliphatic carbocycles. The molecule has 0 aliphatic rings. The second-order valence-corrected chi connectivity index (χ2v) is 3.68. The summed E-state index contributed by atoms with van der Waals surface area (Å²) < 4.78 is 0. The quantitative estimate of drug-likeness (QED) is 0.776. The Morgan fingerprint density at radius 1 is 1.50 bits per heavy atom. The Balaban J connectivity index is 2.43. The van der Waals surface area contributed by atoms with Crippen LogP contribution in [-0.2, 0) is 6.54 Å². The third-order valence-electron chi connectivity index (χ3n) is 2.19. The Labute approximate surface area is 85.9 Å². The highest BCUT2D eigenvalue weighted by Crippen LogP contribution is 2.06. The molecule has 14 heavy (non-hydrogen) atoms. The minimum absolute atomic E-state index is 0.603. The summed E-state index contributed by atoms with van der Waals surface area (Å²) in [6, 6.07) is 3.95. The number of hydrogen-bond donors (Lipinski definition) is 1. The van der Waals surface area contributed by atoms with Crippen molar-refractivity contribution in [2.24, 2.45) is 0 Å². The lowest BCUT2D eigenvalue weighted by molar-refractivity contribution is 0.321. The third kappa shape index (κ3) is 3.75. The van der Waals surface area contributed by atoms with Gasteiger partial charge in [-0.05, 0) is 37.7 Å². The summed E-state index contributed by atoms with van der Waals surface area (Å²) >= 11 is 0. The van der Waals surface area contributed by atoms with Crippen molar-refractivity contribution in [2.45, 2.75) is 26.3 Å². The van der Waals surface area contributed by atoms with Gasteiger partial charge in [0.2, 0.25) is 0 Å². The fourth-order valence-corrected chi connectivity index (χ4v) is 1.41. The van der Waals surface area contributed by atoms with Crippen LogP contribution < -0.4 is 5.73 Å². The Hall–Kier alpha value is -1.09. The highest BCUT2D eigenvalue weighted by molar-refractivity contribution is 5.31. The SMILES string of the molecule is CCCCN(C)Cc1ccnc(N)c1. The summed E-state index contributed by atoms with van der Waals surface area (Å²) in [6.45, 7) is 4.30. The summed E-state index contributed by atoms with van der Waals surface area (Å²) in [4.78, 5) is 6.27. The number of nitrogens with two attached hydrogens (primary N) is 1. The molecular formula is C11H19N3. The van der Waals surface area contributed by atoms with E-state index in [9.17, 15) is 0 Å². The number of hydrogen-bond acceptors (Lipinski definition) is 3. The molecule has 3 heteroatoms. The third-order valence-corrected chi connectivity index (χ3v) is 2.19. The fourth-order valence-electron chi connectivity index (χ4n) is 1.41. The van der Waals surface area contributed by atoms with E-state index in [1.54, 1.807) is 6.20 Å². The number of unbranched alkanes of at least 4 members (excludes halogenated alkanes) is 1. The Bertz CT molecular complexity index is 273. The van der Waals surface area contributed by atoms with E-state index < -0.39 is 0 Å². The maximum Gasteiger partial charge on any atom is 0.123 e. The van der Waals surface area contributed by atoms with E-state index in [0.29, 0.717) is 5.82 Å². The molecule has 1 aromatic rings. The van der Waals surface area contributed by atoms with Gasteiger partial charge in [0.15, 0.2) is 0 Å². The molecule has 0 aliphatic heterocycles. The van der Waals surface area contributed by atoms with E-state index in [1.807, 2.05) is 12.1 Å². The van der Waals surface area contributed by atoms with Crippen molar-refractivity contribution in [3.63, 3.8) is 0 Å². The molecule has 0 saturated carbocycles. The smallest absolute Gasteiger partial charge is 0.123 e. The van der Waals surface area contributed by atoms with Crippen LogP contribution in [0.4, 0.5) is 5.82 Å². The number of pyridine rings is 1. The van der Waals surface area contributed by atoms with Crippen molar-refractivity contribution in [3.05, 3.63) is 23.9 Å². The number of anilines is 1. The van der Waals surface area contributed by atoms with Crippen molar-refractivity contribution < 1.29 is 0 Å². The largest absolute Gasteiger partial charge is 0.384 e. The zero-order valence-electron chi connectivity index (χ0n) is 9.03. The number of aromatic nitrogens is 1. The van der Waals surface area contributed by atoms with Gasteiger partial charge in [-0.3, -0.25) is 0 Å². The van der Waals surface area contributed by atoms with Gasteiger partial charge in [-0.1, -0.05) is 13.3 Å². The van der Waals surface area contributed by atoms with Crippen LogP contribution in [0.1, 0.15) is 25.3 Å². The molecule has 0 spiro atoms. The number of rotatable bonds is 5. The standard InChI is InChI=1S/C11H19N3/c1-3-4-7-14(2)9-10-5-6-13-11(12)8-10/h5-6,8H,3-4,7,9H2,1-2H3,(H2,12,13). The zero-order valence-corrected chi connectivity index (χ0v) is 9.03. The van der Waals surface area contributed by atoms with Gasteiger partial charge in [-0.2, -0.15) is 0 Å². The van der Waals surface area contributed by atoms with Gasteiger partial charge in [0, 0.05) is 12.7 Å². The van der Waals surface area contributed by atoms with Crippen LogP contribution in [0.3, 0.4) is 0 Å². The summed E-state index contributed by atoms with van der Waals surface area (Å²) in [5.74, 6) is 0.603. The molecule has 0 aromatic carbocycles. The van der Waals surface area contributed by atoms with E-state index in [1.165, 1.54) is 18.4 Å². The maximum absolute atomic E-state index is 5.60. The normalized spacial score (nSPS) is 10.8. The van der Waals surface area contributed by atoms with Crippen LogP contribution in [0.5, 0.6) is 0 Å². The van der Waals surface area contributed by atoms with Gasteiger partial charge in [0.25, 0.3) is 0 Å². The van der Waals surface area contributed by atoms with Crippen LogP contribution >= 0.6 is 0 Å². The molecule has 1 rings (SSSR count). The van der Waals surface area contributed by atoms with Crippen molar-refractivity contribution in [2.75, 3.05) is 19.3 Å². The van der Waals surface area contributed by atoms with Crippen molar-refractivity contribution in [1.82, 2.24) is 9.88 Å². The lowest BCUT2D eigenvalue weighted by Crippen LogP contribution is -2.19. The first-order valence-electron chi connectivity index (χ1n) is 5.11. The van der Waals surface area contributed by atoms with Crippen LogP contribution in [0.15, 0.2) is 18.3 Å². The lowest BCUT2D eigenvalue weighted by Gasteiger charge is -2.15. The molecule has 0 saturated heterocycles. The summed E-state index contributed by atoms with van der Waals surface area (Å²) in [6.07, 6.45) is 4.25. The van der Waals surface area contributed by atoms with E-state index in [4.69, 9.17) is 5.73 Å². The van der Waals surface area contributed by atoms with Crippen LogP contribution in [0.2, 0.25) is 0 Å². The van der Waals surface area contributed by atoms with Gasteiger partial charge in [0.1, 0.15) is 5.82 Å². The highest BCUT2D eigenvalue weighted by Gasteiger charge is 1.99. The van der Waals surface area contributed by atoms with E-state index in [0.717, 1.165) is 13.1 Å². The molecule has 1 heterocycles. The highest BCUT2D eigenvalue weighted by atomic mass is 15.1. The molecule has 3 nitrogen and oxygen atoms in total. The van der Waals surface area contributed by atoms with Crippen molar-refractivity contribution in [3.8, 4) is 0 Å². The molecule has 0 amide bonds. The maximum atomic E-state index is 5.60. The minimum Gasteiger partial charge on any atom is -0.384 e. The van der Waals surface area contributed by atoms with Crippen molar-refractivity contribution >= 4 is 5.82 Å². The second-order valence-electron chi connectivity index (χ2n) is 3.68. The van der Waals surface area contributed by atoms with Gasteiger partial charge in [0.05, 0.1) is 0 Å². The molecular weight excluding hydrogens is 174 g/mol. The monoisotopic (exact) mass is 193 g/mol. The van der Waals surface area contributed by atoms with Crippen LogP contribution in [0.25, 0.3) is 0 Å². The van der Waals surface area contributed by atoms with E-state index in [2.05, 4.69) is 23.9 Å². The topological polar surface area (TPSA) is 42.2 Å². The summed E-state index contributed by atoms with van der Waals surface area (Å²) in [7, 11) is 2.13. The number of nitrogen functional groups attached to an aromatic ring is 1. The first kappa shape index (κ1) is 11.0. The molecule has 0 unspecified atom stereocenters. The Morgan fingerprint density at radius 2 is 2.29 bits per heavy atom. The van der Waals surface area contributed by atoms with E-state index in [-0.39, 0.29) is 0 Å². The average molecular weight is 193 g/mol. The van der Waals surface area contributed by atoms with Crippen LogP contribution in [-0.4, -0.2) is 23.5 Å². The van der Waals surface area contributed by atoms with Gasteiger partial charge in [-0.25, -0.2) is 4.98 Å². The zero-order chi connectivity index (χ0) is 10.4. The van der Waals surface area contributed by atoms with E-state index >= 15 is 0 Å². The first-order valence-corrected chi connectivity index (χ1v) is 5.11. The number of nitrogens with zero attached hydrogens (tertiary/aromatic N) is 2. The molecule has 78 valence electrons.